The summed E-state index contributed by atoms with van der Waals surface area (Å²) in [5.74, 6) is -1.13. The van der Waals surface area contributed by atoms with Gasteiger partial charge in [-0.25, -0.2) is 8.42 Å². The van der Waals surface area contributed by atoms with E-state index in [0.717, 1.165) is 0 Å². The highest BCUT2D eigenvalue weighted by atomic mass is 35.5. The first-order valence-electron chi connectivity index (χ1n) is 5.85. The Kier molecular flexibility index (Phi) is 5.42. The van der Waals surface area contributed by atoms with Crippen LogP contribution in [-0.4, -0.2) is 25.2 Å². The summed E-state index contributed by atoms with van der Waals surface area (Å²) in [5.41, 5.74) is 0.147. The zero-order valence-electron chi connectivity index (χ0n) is 11.0. The Morgan fingerprint density at radius 3 is 2.32 bits per heavy atom. The maximum absolute atomic E-state index is 12.1. The molecule has 0 saturated carbocycles. The largest absolute Gasteiger partial charge is 0.293 e. The molecule has 1 atom stereocenters. The number of carbonyl (C=O) groups is 1. The predicted molar refractivity (Wildman–Crippen MR) is 78.9 cm³/mol. The van der Waals surface area contributed by atoms with Crippen LogP contribution in [0.15, 0.2) is 18.2 Å². The summed E-state index contributed by atoms with van der Waals surface area (Å²) in [5, 5.41) is -0.0155. The van der Waals surface area contributed by atoms with Crippen molar-refractivity contribution in [1.82, 2.24) is 0 Å². The number of sulfone groups is 1. The number of benzene rings is 1. The van der Waals surface area contributed by atoms with Gasteiger partial charge in [0.1, 0.15) is 5.75 Å². The average molecular weight is 323 g/mol. The van der Waals surface area contributed by atoms with Crippen molar-refractivity contribution < 1.29 is 13.2 Å². The fourth-order valence-corrected chi connectivity index (χ4v) is 3.53. The average Bonchev–Trinajstić information content (AvgIpc) is 2.30. The Morgan fingerprint density at radius 2 is 1.79 bits per heavy atom. The van der Waals surface area contributed by atoms with Crippen molar-refractivity contribution in [3.8, 4) is 0 Å². The Balaban J connectivity index is 3.00. The molecule has 0 saturated heterocycles. The maximum Gasteiger partial charge on any atom is 0.179 e. The normalized spacial score (nSPS) is 13.6. The summed E-state index contributed by atoms with van der Waals surface area (Å²) in [4.78, 5) is 12.0. The van der Waals surface area contributed by atoms with Crippen LogP contribution in [0, 0.1) is 5.92 Å². The fourth-order valence-electron chi connectivity index (χ4n) is 1.52. The SMILES string of the molecule is CC(C)C(C)S(=O)(=O)CC(=O)c1cc(Cl)ccc1Cl. The molecule has 6 heteroatoms. The number of Topliss-reactive ketones (excluding diaryl/α,β-unsaturated/α-hetero) is 1. The summed E-state index contributed by atoms with van der Waals surface area (Å²) in [6.45, 7) is 5.21. The van der Waals surface area contributed by atoms with Crippen LogP contribution in [0.4, 0.5) is 0 Å². The Bertz CT molecular complexity index is 580. The quantitative estimate of drug-likeness (QED) is 0.778. The van der Waals surface area contributed by atoms with Gasteiger partial charge in [-0.15, -0.1) is 0 Å². The van der Waals surface area contributed by atoms with Crippen LogP contribution in [0.25, 0.3) is 0 Å². The van der Waals surface area contributed by atoms with Crippen LogP contribution in [0.2, 0.25) is 10.0 Å². The second-order valence-corrected chi connectivity index (χ2v) is 8.01. The monoisotopic (exact) mass is 322 g/mol. The number of carbonyl (C=O) groups excluding carboxylic acids is 1. The summed E-state index contributed by atoms with van der Waals surface area (Å²) in [6, 6.07) is 4.42. The minimum Gasteiger partial charge on any atom is -0.293 e. The highest BCUT2D eigenvalue weighted by Gasteiger charge is 2.27. The van der Waals surface area contributed by atoms with Gasteiger partial charge in [-0.2, -0.15) is 0 Å². The van der Waals surface area contributed by atoms with E-state index in [-0.39, 0.29) is 16.5 Å². The second-order valence-electron chi connectivity index (χ2n) is 4.80. The van der Waals surface area contributed by atoms with Gasteiger partial charge in [-0.1, -0.05) is 37.0 Å². The minimum absolute atomic E-state index is 0.0485. The number of rotatable bonds is 5. The number of hydrogen-bond donors (Lipinski definition) is 0. The van der Waals surface area contributed by atoms with Gasteiger partial charge in [-0.05, 0) is 31.0 Å². The third-order valence-corrected chi connectivity index (χ3v) is 5.97. The van der Waals surface area contributed by atoms with E-state index in [0.29, 0.717) is 5.02 Å². The Labute approximate surface area is 123 Å². The van der Waals surface area contributed by atoms with Crippen molar-refractivity contribution in [3.05, 3.63) is 33.8 Å². The zero-order valence-corrected chi connectivity index (χ0v) is 13.3. The van der Waals surface area contributed by atoms with E-state index in [2.05, 4.69) is 0 Å². The molecule has 0 heterocycles. The van der Waals surface area contributed by atoms with E-state index in [4.69, 9.17) is 23.2 Å². The van der Waals surface area contributed by atoms with Crippen LogP contribution in [-0.2, 0) is 9.84 Å². The molecule has 0 aliphatic rings. The van der Waals surface area contributed by atoms with Crippen molar-refractivity contribution in [3.63, 3.8) is 0 Å². The van der Waals surface area contributed by atoms with Crippen LogP contribution in [0.5, 0.6) is 0 Å². The van der Waals surface area contributed by atoms with Crippen molar-refractivity contribution in [1.29, 1.82) is 0 Å². The minimum atomic E-state index is -3.49. The second kappa shape index (κ2) is 6.25. The molecule has 0 amide bonds. The molecule has 106 valence electrons. The van der Waals surface area contributed by atoms with Gasteiger partial charge in [0.2, 0.25) is 0 Å². The molecule has 1 rings (SSSR count). The zero-order chi connectivity index (χ0) is 14.8. The van der Waals surface area contributed by atoms with Crippen LogP contribution < -0.4 is 0 Å². The van der Waals surface area contributed by atoms with E-state index in [9.17, 15) is 13.2 Å². The van der Waals surface area contributed by atoms with Gasteiger partial charge in [0, 0.05) is 10.6 Å². The third-order valence-electron chi connectivity index (χ3n) is 3.07. The van der Waals surface area contributed by atoms with E-state index >= 15 is 0 Å². The summed E-state index contributed by atoms with van der Waals surface area (Å²) < 4.78 is 24.1. The molecule has 0 radical (unpaired) electrons. The molecule has 0 spiro atoms. The smallest absolute Gasteiger partial charge is 0.179 e. The number of hydrogen-bond acceptors (Lipinski definition) is 3. The maximum atomic E-state index is 12.1. The molecule has 0 aliphatic carbocycles. The van der Waals surface area contributed by atoms with Gasteiger partial charge in [0.15, 0.2) is 15.6 Å². The van der Waals surface area contributed by atoms with E-state index in [1.807, 2.05) is 0 Å². The lowest BCUT2D eigenvalue weighted by molar-refractivity contribution is 0.102. The summed E-state index contributed by atoms with van der Waals surface area (Å²) in [6.07, 6.45) is 0. The van der Waals surface area contributed by atoms with E-state index in [1.54, 1.807) is 26.8 Å². The van der Waals surface area contributed by atoms with Crippen LogP contribution in [0.1, 0.15) is 31.1 Å². The molecular formula is C13H16Cl2O3S. The third kappa shape index (κ3) is 4.20. The standard InChI is InChI=1S/C13H16Cl2O3S/c1-8(2)9(3)19(17,18)7-13(16)11-6-10(14)4-5-12(11)15/h4-6,8-9H,7H2,1-3H3. The topological polar surface area (TPSA) is 51.2 Å². The molecule has 0 fully saturated rings. The van der Waals surface area contributed by atoms with Gasteiger partial charge < -0.3 is 0 Å². The lowest BCUT2D eigenvalue weighted by atomic mass is 10.1. The first-order chi connectivity index (χ1) is 8.65. The Hall–Kier alpha value is -0.580. The molecular weight excluding hydrogens is 307 g/mol. The molecule has 1 aromatic rings. The van der Waals surface area contributed by atoms with Crippen molar-refractivity contribution in [2.45, 2.75) is 26.0 Å². The van der Waals surface area contributed by atoms with Gasteiger partial charge in [0.05, 0.1) is 10.3 Å². The van der Waals surface area contributed by atoms with Crippen molar-refractivity contribution >= 4 is 38.8 Å². The molecule has 3 nitrogen and oxygen atoms in total. The fraction of sp³-hybridized carbons (Fsp3) is 0.462. The first-order valence-corrected chi connectivity index (χ1v) is 8.32. The van der Waals surface area contributed by atoms with E-state index in [1.165, 1.54) is 12.1 Å². The highest BCUT2D eigenvalue weighted by molar-refractivity contribution is 7.92. The Morgan fingerprint density at radius 1 is 1.21 bits per heavy atom. The predicted octanol–water partition coefficient (Wildman–Crippen LogP) is 3.64. The number of ketones is 1. The molecule has 0 N–H and O–H groups in total. The molecule has 19 heavy (non-hydrogen) atoms. The molecule has 1 unspecified atom stereocenters. The van der Waals surface area contributed by atoms with Crippen molar-refractivity contribution in [2.24, 2.45) is 5.92 Å². The molecule has 0 aromatic heterocycles. The highest BCUT2D eigenvalue weighted by Crippen LogP contribution is 2.22. The lowest BCUT2D eigenvalue weighted by Crippen LogP contribution is -2.29. The molecule has 0 aliphatic heterocycles. The molecule has 0 bridgehead atoms. The van der Waals surface area contributed by atoms with Gasteiger partial charge in [0.25, 0.3) is 0 Å². The first kappa shape index (κ1) is 16.5. The van der Waals surface area contributed by atoms with E-state index < -0.39 is 26.6 Å². The van der Waals surface area contributed by atoms with Crippen LogP contribution in [0.3, 0.4) is 0 Å². The summed E-state index contributed by atoms with van der Waals surface area (Å²) >= 11 is 11.7. The van der Waals surface area contributed by atoms with Crippen LogP contribution >= 0.6 is 23.2 Å². The lowest BCUT2D eigenvalue weighted by Gasteiger charge is -2.16. The number of halogens is 2. The van der Waals surface area contributed by atoms with Gasteiger partial charge >= 0.3 is 0 Å². The summed E-state index contributed by atoms with van der Waals surface area (Å²) in [7, 11) is -3.49. The van der Waals surface area contributed by atoms with Crippen molar-refractivity contribution in [2.75, 3.05) is 5.75 Å². The molecule has 1 aromatic carbocycles. The van der Waals surface area contributed by atoms with Gasteiger partial charge in [-0.3, -0.25) is 4.79 Å².